The van der Waals surface area contributed by atoms with Gasteiger partial charge in [0.2, 0.25) is 17.7 Å². The van der Waals surface area contributed by atoms with Gasteiger partial charge in [0.1, 0.15) is 5.82 Å². The van der Waals surface area contributed by atoms with E-state index in [0.717, 1.165) is 19.3 Å². The summed E-state index contributed by atoms with van der Waals surface area (Å²) in [7, 11) is 0. The summed E-state index contributed by atoms with van der Waals surface area (Å²) in [5, 5.41) is 8.26. The molecular formula is C22H22FN3O2. The lowest BCUT2D eigenvalue weighted by atomic mass is 9.96. The Morgan fingerprint density at radius 3 is 2.46 bits per heavy atom. The van der Waals surface area contributed by atoms with E-state index in [1.807, 2.05) is 35.2 Å². The van der Waals surface area contributed by atoms with Crippen molar-refractivity contribution in [2.45, 2.75) is 31.6 Å². The fourth-order valence-electron chi connectivity index (χ4n) is 3.54. The molecule has 0 radical (unpaired) electrons. The first-order chi connectivity index (χ1) is 13.7. The Labute approximate surface area is 163 Å². The van der Waals surface area contributed by atoms with Gasteiger partial charge in [-0.3, -0.25) is 4.79 Å². The van der Waals surface area contributed by atoms with E-state index in [-0.39, 0.29) is 17.6 Å². The van der Waals surface area contributed by atoms with E-state index in [1.165, 1.54) is 17.7 Å². The number of nitrogens with zero attached hydrogens (tertiary/aromatic N) is 3. The Hall–Kier alpha value is -3.02. The highest BCUT2D eigenvalue weighted by Crippen LogP contribution is 2.29. The highest BCUT2D eigenvalue weighted by molar-refractivity contribution is 5.76. The number of carbonyl (C=O) groups is 1. The minimum absolute atomic E-state index is 0.153. The molecule has 1 aliphatic rings. The molecule has 2 aromatic carbocycles. The molecule has 0 unspecified atom stereocenters. The van der Waals surface area contributed by atoms with Crippen molar-refractivity contribution in [1.29, 1.82) is 0 Å². The molecule has 2 heterocycles. The molecule has 6 heteroatoms. The first-order valence-electron chi connectivity index (χ1n) is 9.60. The highest BCUT2D eigenvalue weighted by atomic mass is 19.1. The van der Waals surface area contributed by atoms with Gasteiger partial charge in [-0.1, -0.05) is 30.3 Å². The minimum Gasteiger partial charge on any atom is -0.420 e. The molecular weight excluding hydrogens is 357 g/mol. The number of aryl methyl sites for hydroxylation is 1. The number of aromatic nitrogens is 2. The summed E-state index contributed by atoms with van der Waals surface area (Å²) in [6, 6.07) is 16.1. The van der Waals surface area contributed by atoms with Crippen LogP contribution in [0.5, 0.6) is 0 Å². The van der Waals surface area contributed by atoms with E-state index < -0.39 is 0 Å². The quantitative estimate of drug-likeness (QED) is 0.666. The van der Waals surface area contributed by atoms with E-state index in [1.54, 1.807) is 12.1 Å². The van der Waals surface area contributed by atoms with Crippen LogP contribution in [-0.4, -0.2) is 34.1 Å². The van der Waals surface area contributed by atoms with Crippen LogP contribution in [0.2, 0.25) is 0 Å². The summed E-state index contributed by atoms with van der Waals surface area (Å²) in [5.74, 6) is 1.04. The summed E-state index contributed by atoms with van der Waals surface area (Å²) in [4.78, 5) is 14.4. The standard InChI is InChI=1S/C22H22FN3O2/c23-19-9-7-17(8-10-19)21-24-25-22(28-21)18-12-14-26(15-13-18)20(27)11-6-16-4-2-1-3-5-16/h1-5,7-10,18H,6,11-15H2. The molecule has 0 atom stereocenters. The number of piperidine rings is 1. The molecule has 1 aromatic heterocycles. The van der Waals surface area contributed by atoms with E-state index in [2.05, 4.69) is 10.2 Å². The Balaban J connectivity index is 1.30. The topological polar surface area (TPSA) is 59.2 Å². The molecule has 3 aromatic rings. The molecule has 0 N–H and O–H groups in total. The maximum Gasteiger partial charge on any atom is 0.247 e. The van der Waals surface area contributed by atoms with Crippen molar-refractivity contribution in [3.05, 3.63) is 71.9 Å². The number of benzene rings is 2. The van der Waals surface area contributed by atoms with Gasteiger partial charge in [-0.15, -0.1) is 10.2 Å². The van der Waals surface area contributed by atoms with Gasteiger partial charge >= 0.3 is 0 Å². The molecule has 1 fully saturated rings. The largest absolute Gasteiger partial charge is 0.420 e. The van der Waals surface area contributed by atoms with Crippen LogP contribution in [0.4, 0.5) is 4.39 Å². The maximum absolute atomic E-state index is 13.1. The van der Waals surface area contributed by atoms with Gasteiger partial charge in [-0.05, 0) is 49.1 Å². The average Bonchev–Trinajstić information content (AvgIpc) is 3.24. The summed E-state index contributed by atoms with van der Waals surface area (Å²) < 4.78 is 18.9. The molecule has 4 rings (SSSR count). The molecule has 1 amide bonds. The van der Waals surface area contributed by atoms with Gasteiger partial charge in [-0.2, -0.15) is 0 Å². The highest BCUT2D eigenvalue weighted by Gasteiger charge is 2.27. The number of halogens is 1. The number of amides is 1. The predicted molar refractivity (Wildman–Crippen MR) is 103 cm³/mol. The van der Waals surface area contributed by atoms with Gasteiger partial charge in [0, 0.05) is 31.0 Å². The van der Waals surface area contributed by atoms with E-state index in [4.69, 9.17) is 4.42 Å². The summed E-state index contributed by atoms with van der Waals surface area (Å²) >= 11 is 0. The predicted octanol–water partition coefficient (Wildman–Crippen LogP) is 4.21. The van der Waals surface area contributed by atoms with Crippen LogP contribution < -0.4 is 0 Å². The third kappa shape index (κ3) is 4.27. The lowest BCUT2D eigenvalue weighted by Gasteiger charge is -2.30. The van der Waals surface area contributed by atoms with Crippen molar-refractivity contribution < 1.29 is 13.6 Å². The Bertz CT molecular complexity index is 916. The van der Waals surface area contributed by atoms with Gasteiger partial charge in [0.05, 0.1) is 0 Å². The molecule has 0 saturated carbocycles. The zero-order chi connectivity index (χ0) is 19.3. The second-order valence-corrected chi connectivity index (χ2v) is 7.09. The van der Waals surface area contributed by atoms with Gasteiger partial charge in [0.15, 0.2) is 0 Å². The number of rotatable bonds is 5. The molecule has 1 aliphatic heterocycles. The van der Waals surface area contributed by atoms with Crippen LogP contribution in [-0.2, 0) is 11.2 Å². The Kier molecular flexibility index (Phi) is 5.46. The first-order valence-corrected chi connectivity index (χ1v) is 9.60. The monoisotopic (exact) mass is 379 g/mol. The van der Waals surface area contributed by atoms with Crippen molar-refractivity contribution in [2.75, 3.05) is 13.1 Å². The van der Waals surface area contributed by atoms with Crippen molar-refractivity contribution >= 4 is 5.91 Å². The lowest BCUT2D eigenvalue weighted by Crippen LogP contribution is -2.38. The normalized spacial score (nSPS) is 15.0. The number of carbonyl (C=O) groups excluding carboxylic acids is 1. The summed E-state index contributed by atoms with van der Waals surface area (Å²) in [5.41, 5.74) is 1.89. The van der Waals surface area contributed by atoms with Gasteiger partial charge in [0.25, 0.3) is 0 Å². The fraction of sp³-hybridized carbons (Fsp3) is 0.318. The Morgan fingerprint density at radius 2 is 1.75 bits per heavy atom. The van der Waals surface area contributed by atoms with Crippen LogP contribution in [0, 0.1) is 5.82 Å². The number of likely N-dealkylation sites (tertiary alicyclic amines) is 1. The molecule has 28 heavy (non-hydrogen) atoms. The first kappa shape index (κ1) is 18.3. The third-order valence-corrected chi connectivity index (χ3v) is 5.20. The lowest BCUT2D eigenvalue weighted by molar-refractivity contribution is -0.132. The second-order valence-electron chi connectivity index (χ2n) is 7.09. The molecule has 0 spiro atoms. The fourth-order valence-corrected chi connectivity index (χ4v) is 3.54. The van der Waals surface area contributed by atoms with E-state index >= 15 is 0 Å². The molecule has 0 bridgehead atoms. The third-order valence-electron chi connectivity index (χ3n) is 5.20. The van der Waals surface area contributed by atoms with Crippen LogP contribution in [0.15, 0.2) is 59.0 Å². The molecule has 1 saturated heterocycles. The van der Waals surface area contributed by atoms with Crippen molar-refractivity contribution in [3.63, 3.8) is 0 Å². The van der Waals surface area contributed by atoms with Crippen LogP contribution in [0.3, 0.4) is 0 Å². The zero-order valence-corrected chi connectivity index (χ0v) is 15.6. The Morgan fingerprint density at radius 1 is 1.04 bits per heavy atom. The molecule has 5 nitrogen and oxygen atoms in total. The van der Waals surface area contributed by atoms with Gasteiger partial charge < -0.3 is 9.32 Å². The van der Waals surface area contributed by atoms with E-state index in [9.17, 15) is 9.18 Å². The van der Waals surface area contributed by atoms with Gasteiger partial charge in [-0.25, -0.2) is 4.39 Å². The SMILES string of the molecule is O=C(CCc1ccccc1)N1CCC(c2nnc(-c3ccc(F)cc3)o2)CC1. The smallest absolute Gasteiger partial charge is 0.247 e. The zero-order valence-electron chi connectivity index (χ0n) is 15.6. The van der Waals surface area contributed by atoms with Crippen molar-refractivity contribution in [2.24, 2.45) is 0 Å². The van der Waals surface area contributed by atoms with Crippen LogP contribution in [0.1, 0.15) is 36.6 Å². The summed E-state index contributed by atoms with van der Waals surface area (Å²) in [6.45, 7) is 1.40. The second kappa shape index (κ2) is 8.33. The molecule has 144 valence electrons. The number of hydrogen-bond acceptors (Lipinski definition) is 4. The van der Waals surface area contributed by atoms with E-state index in [0.29, 0.717) is 36.9 Å². The van der Waals surface area contributed by atoms with Crippen LogP contribution >= 0.6 is 0 Å². The van der Waals surface area contributed by atoms with Crippen molar-refractivity contribution in [3.8, 4) is 11.5 Å². The maximum atomic E-state index is 13.1. The molecule has 0 aliphatic carbocycles. The van der Waals surface area contributed by atoms with Crippen molar-refractivity contribution in [1.82, 2.24) is 15.1 Å². The number of hydrogen-bond donors (Lipinski definition) is 0. The summed E-state index contributed by atoms with van der Waals surface area (Å²) in [6.07, 6.45) is 2.92. The average molecular weight is 379 g/mol. The minimum atomic E-state index is -0.298. The van der Waals surface area contributed by atoms with Crippen LogP contribution in [0.25, 0.3) is 11.5 Å².